The lowest BCUT2D eigenvalue weighted by Crippen LogP contribution is -2.09. The van der Waals surface area contributed by atoms with Crippen molar-refractivity contribution in [3.63, 3.8) is 0 Å². The molecule has 0 spiro atoms. The first kappa shape index (κ1) is 9.49. The van der Waals surface area contributed by atoms with Crippen LogP contribution in [0.4, 0.5) is 0 Å². The quantitative estimate of drug-likeness (QED) is 0.746. The molecule has 1 rings (SSSR count). The lowest BCUT2D eigenvalue weighted by Gasteiger charge is -1.93. The van der Waals surface area contributed by atoms with Crippen molar-refractivity contribution in [1.82, 2.24) is 0 Å². The zero-order valence-electron chi connectivity index (χ0n) is 7.79. The molecule has 0 amide bonds. The van der Waals surface area contributed by atoms with Crippen molar-refractivity contribution in [1.29, 1.82) is 0 Å². The maximum Gasteiger partial charge on any atom is 0.0198 e. The number of aryl methyl sites for hydroxylation is 2. The summed E-state index contributed by atoms with van der Waals surface area (Å²) in [6.07, 6.45) is 4.12. The zero-order valence-corrected chi connectivity index (χ0v) is 8.61. The second-order valence-electron chi connectivity index (χ2n) is 3.09. The number of thiophene rings is 1. The first-order valence-electron chi connectivity index (χ1n) is 4.10. The van der Waals surface area contributed by atoms with Gasteiger partial charge in [0.1, 0.15) is 0 Å². The molecule has 0 aliphatic rings. The molecule has 0 radical (unpaired) electrons. The van der Waals surface area contributed by atoms with Crippen LogP contribution in [0.25, 0.3) is 6.08 Å². The minimum Gasteiger partial charge on any atom is -0.325 e. The average Bonchev–Trinajstić information content (AvgIpc) is 2.26. The monoisotopic (exact) mass is 181 g/mol. The standard InChI is InChI=1S/C10H15NS/c1-7(11)4-5-10-6-8(2)12-9(10)3/h4-7H,11H2,1-3H3/b5-4+. The largest absolute Gasteiger partial charge is 0.325 e. The number of rotatable bonds is 2. The van der Waals surface area contributed by atoms with E-state index in [0.717, 1.165) is 0 Å². The highest BCUT2D eigenvalue weighted by Gasteiger charge is 1.98. The lowest BCUT2D eigenvalue weighted by molar-refractivity contribution is 0.931. The summed E-state index contributed by atoms with van der Waals surface area (Å²) in [5.41, 5.74) is 6.91. The summed E-state index contributed by atoms with van der Waals surface area (Å²) in [6.45, 7) is 6.24. The molecule has 1 aromatic heterocycles. The van der Waals surface area contributed by atoms with E-state index in [0.29, 0.717) is 0 Å². The van der Waals surface area contributed by atoms with Gasteiger partial charge in [0.2, 0.25) is 0 Å². The van der Waals surface area contributed by atoms with Crippen LogP contribution in [0.1, 0.15) is 22.2 Å². The maximum absolute atomic E-state index is 5.61. The van der Waals surface area contributed by atoms with Gasteiger partial charge in [0.05, 0.1) is 0 Å². The van der Waals surface area contributed by atoms with Gasteiger partial charge in [-0.25, -0.2) is 0 Å². The predicted molar refractivity (Wildman–Crippen MR) is 56.5 cm³/mol. The molecule has 0 fully saturated rings. The second-order valence-corrected chi connectivity index (χ2v) is 4.55. The fraction of sp³-hybridized carbons (Fsp3) is 0.400. The van der Waals surface area contributed by atoms with Gasteiger partial charge in [0.25, 0.3) is 0 Å². The van der Waals surface area contributed by atoms with Gasteiger partial charge in [0, 0.05) is 15.8 Å². The maximum atomic E-state index is 5.61. The molecule has 0 saturated heterocycles. The molecule has 0 saturated carbocycles. The summed E-state index contributed by atoms with van der Waals surface area (Å²) in [6, 6.07) is 2.34. The van der Waals surface area contributed by atoms with Crippen molar-refractivity contribution < 1.29 is 0 Å². The molecule has 1 heterocycles. The van der Waals surface area contributed by atoms with Crippen LogP contribution in [0.2, 0.25) is 0 Å². The molecular weight excluding hydrogens is 166 g/mol. The van der Waals surface area contributed by atoms with Gasteiger partial charge in [-0.1, -0.05) is 12.2 Å². The summed E-state index contributed by atoms with van der Waals surface area (Å²) in [5, 5.41) is 0. The number of nitrogens with two attached hydrogens (primary N) is 1. The third kappa shape index (κ3) is 2.47. The van der Waals surface area contributed by atoms with Gasteiger partial charge < -0.3 is 5.73 Å². The highest BCUT2D eigenvalue weighted by Crippen LogP contribution is 2.21. The Labute approximate surface area is 77.9 Å². The van der Waals surface area contributed by atoms with Crippen molar-refractivity contribution >= 4 is 17.4 Å². The minimum atomic E-state index is 0.143. The summed E-state index contributed by atoms with van der Waals surface area (Å²) in [5.74, 6) is 0. The van der Waals surface area contributed by atoms with Crippen LogP contribution >= 0.6 is 11.3 Å². The van der Waals surface area contributed by atoms with E-state index in [4.69, 9.17) is 5.73 Å². The Hall–Kier alpha value is -0.600. The molecule has 2 N–H and O–H groups in total. The third-order valence-corrected chi connectivity index (χ3v) is 2.64. The Kier molecular flexibility index (Phi) is 3.06. The van der Waals surface area contributed by atoms with Crippen molar-refractivity contribution in [2.24, 2.45) is 5.73 Å². The zero-order chi connectivity index (χ0) is 9.14. The minimum absolute atomic E-state index is 0.143. The highest BCUT2D eigenvalue weighted by atomic mass is 32.1. The SMILES string of the molecule is Cc1cc(/C=C/C(C)N)c(C)s1. The van der Waals surface area contributed by atoms with Crippen molar-refractivity contribution in [3.8, 4) is 0 Å². The molecule has 12 heavy (non-hydrogen) atoms. The molecule has 1 aromatic rings. The summed E-state index contributed by atoms with van der Waals surface area (Å²) in [7, 11) is 0. The molecule has 0 bridgehead atoms. The first-order chi connectivity index (χ1) is 5.59. The van der Waals surface area contributed by atoms with Crippen LogP contribution in [0.3, 0.4) is 0 Å². The molecular formula is C10H15NS. The Balaban J connectivity index is 2.81. The molecule has 0 aromatic carbocycles. The Morgan fingerprint density at radius 1 is 1.50 bits per heavy atom. The Morgan fingerprint density at radius 3 is 2.58 bits per heavy atom. The van der Waals surface area contributed by atoms with E-state index in [2.05, 4.69) is 26.0 Å². The fourth-order valence-electron chi connectivity index (χ4n) is 1.07. The van der Waals surface area contributed by atoms with Crippen molar-refractivity contribution in [2.45, 2.75) is 26.8 Å². The molecule has 0 aliphatic heterocycles. The number of hydrogen-bond acceptors (Lipinski definition) is 2. The van der Waals surface area contributed by atoms with Gasteiger partial charge in [-0.05, 0) is 32.4 Å². The summed E-state index contributed by atoms with van der Waals surface area (Å²) < 4.78 is 0. The average molecular weight is 181 g/mol. The molecule has 66 valence electrons. The normalized spacial score (nSPS) is 14.0. The van der Waals surface area contributed by atoms with E-state index in [1.807, 2.05) is 24.3 Å². The predicted octanol–water partition coefficient (Wildman–Crippen LogP) is 2.73. The second kappa shape index (κ2) is 3.87. The van der Waals surface area contributed by atoms with Crippen molar-refractivity contribution in [3.05, 3.63) is 27.5 Å². The Bertz CT molecular complexity index is 284. The van der Waals surface area contributed by atoms with E-state index in [-0.39, 0.29) is 6.04 Å². The van der Waals surface area contributed by atoms with Crippen LogP contribution in [0.15, 0.2) is 12.1 Å². The molecule has 2 heteroatoms. The van der Waals surface area contributed by atoms with Gasteiger partial charge in [-0.3, -0.25) is 0 Å². The van der Waals surface area contributed by atoms with Crippen molar-refractivity contribution in [2.75, 3.05) is 0 Å². The third-order valence-electron chi connectivity index (χ3n) is 1.66. The van der Waals surface area contributed by atoms with Crippen LogP contribution < -0.4 is 5.73 Å². The van der Waals surface area contributed by atoms with Crippen LogP contribution in [0, 0.1) is 13.8 Å². The summed E-state index contributed by atoms with van der Waals surface area (Å²) in [4.78, 5) is 2.72. The lowest BCUT2D eigenvalue weighted by atomic mass is 10.2. The first-order valence-corrected chi connectivity index (χ1v) is 4.92. The molecule has 1 nitrogen and oxygen atoms in total. The molecule has 1 atom stereocenters. The molecule has 0 aliphatic carbocycles. The van der Waals surface area contributed by atoms with Gasteiger partial charge >= 0.3 is 0 Å². The summed E-state index contributed by atoms with van der Waals surface area (Å²) >= 11 is 1.83. The van der Waals surface area contributed by atoms with Gasteiger partial charge in [-0.15, -0.1) is 11.3 Å². The van der Waals surface area contributed by atoms with Gasteiger partial charge in [0.15, 0.2) is 0 Å². The smallest absolute Gasteiger partial charge is 0.0198 e. The van der Waals surface area contributed by atoms with E-state index < -0.39 is 0 Å². The van der Waals surface area contributed by atoms with Crippen LogP contribution in [-0.2, 0) is 0 Å². The topological polar surface area (TPSA) is 26.0 Å². The van der Waals surface area contributed by atoms with Crippen LogP contribution in [-0.4, -0.2) is 6.04 Å². The van der Waals surface area contributed by atoms with Crippen LogP contribution in [0.5, 0.6) is 0 Å². The van der Waals surface area contributed by atoms with E-state index >= 15 is 0 Å². The molecule has 1 unspecified atom stereocenters. The number of hydrogen-bond donors (Lipinski definition) is 1. The van der Waals surface area contributed by atoms with Gasteiger partial charge in [-0.2, -0.15) is 0 Å². The van der Waals surface area contributed by atoms with E-state index in [1.54, 1.807) is 0 Å². The van der Waals surface area contributed by atoms with E-state index in [1.165, 1.54) is 15.3 Å². The van der Waals surface area contributed by atoms with E-state index in [9.17, 15) is 0 Å². The highest BCUT2D eigenvalue weighted by molar-refractivity contribution is 7.12. The fourth-order valence-corrected chi connectivity index (χ4v) is 1.99. The Morgan fingerprint density at radius 2 is 2.17 bits per heavy atom.